The lowest BCUT2D eigenvalue weighted by Gasteiger charge is -2.40. The highest BCUT2D eigenvalue weighted by molar-refractivity contribution is 5.70. The Morgan fingerprint density at radius 1 is 1.29 bits per heavy atom. The monoisotopic (exact) mass is 335 g/mol. The van der Waals surface area contributed by atoms with Crippen LogP contribution in [0.15, 0.2) is 30.3 Å². The number of hydrogen-bond donors (Lipinski definition) is 1. The highest BCUT2D eigenvalue weighted by Gasteiger charge is 2.52. The third-order valence-electron chi connectivity index (χ3n) is 4.20. The molecule has 0 spiro atoms. The molecule has 0 aliphatic carbocycles. The molecule has 1 saturated heterocycles. The van der Waals surface area contributed by atoms with Crippen LogP contribution in [0.25, 0.3) is 0 Å². The molecule has 1 N–H and O–H groups in total. The smallest absolute Gasteiger partial charge is 0.413 e. The second-order valence-electron chi connectivity index (χ2n) is 8.14. The molecule has 24 heavy (non-hydrogen) atoms. The zero-order chi connectivity index (χ0) is 18.2. The number of carbonyl (C=O) groups excluding carboxylic acids is 1. The summed E-state index contributed by atoms with van der Waals surface area (Å²) in [6, 6.07) is 9.26. The Labute approximate surface area is 144 Å². The molecule has 5 nitrogen and oxygen atoms in total. The van der Waals surface area contributed by atoms with E-state index < -0.39 is 29.1 Å². The molecule has 0 radical (unpaired) electrons. The number of nitrogens with zero attached hydrogens (tertiary/aromatic N) is 1. The Morgan fingerprint density at radius 2 is 1.88 bits per heavy atom. The van der Waals surface area contributed by atoms with Crippen molar-refractivity contribution in [2.24, 2.45) is 0 Å². The SMILES string of the molecule is CC(C)(C)OC(=O)N1[C@@H](C(C)(O)Cc2ccccc2)COC1(C)C. The normalized spacial score (nSPS) is 23.0. The van der Waals surface area contributed by atoms with E-state index in [1.165, 1.54) is 4.90 Å². The number of ether oxygens (including phenoxy) is 2. The van der Waals surface area contributed by atoms with Crippen molar-refractivity contribution < 1.29 is 19.4 Å². The fourth-order valence-electron chi connectivity index (χ4n) is 3.05. The Balaban J connectivity index is 2.24. The third-order valence-corrected chi connectivity index (χ3v) is 4.20. The van der Waals surface area contributed by atoms with E-state index in [4.69, 9.17) is 9.47 Å². The molecule has 1 aliphatic heterocycles. The van der Waals surface area contributed by atoms with Crippen molar-refractivity contribution in [1.82, 2.24) is 4.90 Å². The van der Waals surface area contributed by atoms with Crippen LogP contribution in [0.5, 0.6) is 0 Å². The summed E-state index contributed by atoms with van der Waals surface area (Å²) in [5.74, 6) is 0. The second-order valence-corrected chi connectivity index (χ2v) is 8.14. The Kier molecular flexibility index (Phi) is 4.98. The maximum absolute atomic E-state index is 12.7. The molecule has 134 valence electrons. The van der Waals surface area contributed by atoms with Crippen LogP contribution in [0.1, 0.15) is 47.1 Å². The largest absolute Gasteiger partial charge is 0.444 e. The molecular formula is C19H29NO4. The first-order valence-electron chi connectivity index (χ1n) is 8.35. The summed E-state index contributed by atoms with van der Waals surface area (Å²) in [5.41, 5.74) is -1.55. The lowest BCUT2D eigenvalue weighted by Crippen LogP contribution is -2.58. The summed E-state index contributed by atoms with van der Waals surface area (Å²) in [5, 5.41) is 11.1. The van der Waals surface area contributed by atoms with Crippen LogP contribution in [-0.2, 0) is 15.9 Å². The van der Waals surface area contributed by atoms with E-state index >= 15 is 0 Å². The minimum absolute atomic E-state index is 0.270. The van der Waals surface area contributed by atoms with Crippen molar-refractivity contribution in [1.29, 1.82) is 0 Å². The summed E-state index contributed by atoms with van der Waals surface area (Å²) in [6.07, 6.45) is -0.0413. The number of aliphatic hydroxyl groups is 1. The molecule has 1 aromatic rings. The topological polar surface area (TPSA) is 59.0 Å². The molecule has 0 aromatic heterocycles. The van der Waals surface area contributed by atoms with Gasteiger partial charge in [-0.3, -0.25) is 4.90 Å². The van der Waals surface area contributed by atoms with Crippen molar-refractivity contribution in [2.75, 3.05) is 6.61 Å². The minimum atomic E-state index is -1.13. The molecule has 1 amide bonds. The van der Waals surface area contributed by atoms with Crippen molar-refractivity contribution >= 4 is 6.09 Å². The number of hydrogen-bond acceptors (Lipinski definition) is 4. The zero-order valence-corrected chi connectivity index (χ0v) is 15.5. The quantitative estimate of drug-likeness (QED) is 0.920. The molecule has 1 heterocycles. The molecule has 5 heteroatoms. The van der Waals surface area contributed by atoms with E-state index in [-0.39, 0.29) is 6.61 Å². The minimum Gasteiger partial charge on any atom is -0.444 e. The maximum Gasteiger partial charge on any atom is 0.413 e. The van der Waals surface area contributed by atoms with Crippen LogP contribution >= 0.6 is 0 Å². The van der Waals surface area contributed by atoms with E-state index in [0.29, 0.717) is 6.42 Å². The standard InChI is InChI=1S/C19H29NO4/c1-17(2,3)24-16(21)20-15(13-23-18(20,4)5)19(6,22)12-14-10-8-7-9-11-14/h7-11,15,22H,12-13H2,1-6H3/t15-,19?/m1/s1. The van der Waals surface area contributed by atoms with Gasteiger partial charge in [-0.15, -0.1) is 0 Å². The fourth-order valence-corrected chi connectivity index (χ4v) is 3.05. The average molecular weight is 335 g/mol. The zero-order valence-electron chi connectivity index (χ0n) is 15.5. The number of carbonyl (C=O) groups is 1. The summed E-state index contributed by atoms with van der Waals surface area (Å²) in [6.45, 7) is 11.1. The number of rotatable bonds is 3. The molecule has 2 rings (SSSR count). The van der Waals surface area contributed by atoms with Gasteiger partial charge in [-0.05, 0) is 47.1 Å². The van der Waals surface area contributed by atoms with Gasteiger partial charge in [0.1, 0.15) is 11.3 Å². The summed E-state index contributed by atoms with van der Waals surface area (Å²) in [7, 11) is 0. The lowest BCUT2D eigenvalue weighted by molar-refractivity contribution is -0.0785. The molecule has 1 aromatic carbocycles. The van der Waals surface area contributed by atoms with E-state index in [0.717, 1.165) is 5.56 Å². The van der Waals surface area contributed by atoms with Gasteiger partial charge >= 0.3 is 6.09 Å². The van der Waals surface area contributed by atoms with E-state index in [1.807, 2.05) is 65.0 Å². The Hall–Kier alpha value is -1.59. The van der Waals surface area contributed by atoms with Crippen LogP contribution in [-0.4, -0.2) is 45.7 Å². The van der Waals surface area contributed by atoms with E-state index in [1.54, 1.807) is 6.92 Å². The molecule has 2 atom stereocenters. The predicted molar refractivity (Wildman–Crippen MR) is 92.7 cm³/mol. The first-order chi connectivity index (χ1) is 10.9. The van der Waals surface area contributed by atoms with Crippen LogP contribution in [0, 0.1) is 0 Å². The summed E-state index contributed by atoms with van der Waals surface area (Å²) < 4.78 is 11.3. The molecular weight excluding hydrogens is 306 g/mol. The van der Waals surface area contributed by atoms with Gasteiger partial charge in [0.2, 0.25) is 0 Å². The van der Waals surface area contributed by atoms with Crippen molar-refractivity contribution in [3.63, 3.8) is 0 Å². The summed E-state index contributed by atoms with van der Waals surface area (Å²) in [4.78, 5) is 14.2. The molecule has 1 aliphatic rings. The predicted octanol–water partition coefficient (Wildman–Crippen LogP) is 3.35. The fraction of sp³-hybridized carbons (Fsp3) is 0.632. The van der Waals surface area contributed by atoms with Gasteiger partial charge < -0.3 is 14.6 Å². The van der Waals surface area contributed by atoms with Gasteiger partial charge in [0.15, 0.2) is 0 Å². The van der Waals surface area contributed by atoms with E-state index in [9.17, 15) is 9.90 Å². The average Bonchev–Trinajstić information content (AvgIpc) is 2.74. The molecule has 1 unspecified atom stereocenters. The number of benzene rings is 1. The third kappa shape index (κ3) is 4.28. The van der Waals surface area contributed by atoms with Gasteiger partial charge in [-0.25, -0.2) is 4.79 Å². The van der Waals surface area contributed by atoms with Gasteiger partial charge in [0.25, 0.3) is 0 Å². The lowest BCUT2D eigenvalue weighted by atomic mass is 9.88. The van der Waals surface area contributed by atoms with Crippen LogP contribution in [0.2, 0.25) is 0 Å². The maximum atomic E-state index is 12.7. The van der Waals surface area contributed by atoms with Crippen LogP contribution in [0.3, 0.4) is 0 Å². The van der Waals surface area contributed by atoms with Gasteiger partial charge in [-0.1, -0.05) is 30.3 Å². The first-order valence-corrected chi connectivity index (χ1v) is 8.35. The van der Waals surface area contributed by atoms with Crippen LogP contribution < -0.4 is 0 Å². The highest BCUT2D eigenvalue weighted by Crippen LogP contribution is 2.35. The Morgan fingerprint density at radius 3 is 2.42 bits per heavy atom. The van der Waals surface area contributed by atoms with Crippen LogP contribution in [0.4, 0.5) is 4.79 Å². The van der Waals surface area contributed by atoms with Gasteiger partial charge in [0.05, 0.1) is 18.2 Å². The van der Waals surface area contributed by atoms with Crippen molar-refractivity contribution in [3.8, 4) is 0 Å². The molecule has 1 fully saturated rings. The molecule has 0 saturated carbocycles. The van der Waals surface area contributed by atoms with Crippen molar-refractivity contribution in [3.05, 3.63) is 35.9 Å². The second kappa shape index (κ2) is 6.37. The van der Waals surface area contributed by atoms with Gasteiger partial charge in [0, 0.05) is 6.42 Å². The van der Waals surface area contributed by atoms with E-state index in [2.05, 4.69) is 0 Å². The number of amides is 1. The highest BCUT2D eigenvalue weighted by atomic mass is 16.6. The van der Waals surface area contributed by atoms with Gasteiger partial charge in [-0.2, -0.15) is 0 Å². The summed E-state index contributed by atoms with van der Waals surface area (Å²) >= 11 is 0. The Bertz CT molecular complexity index is 575. The first kappa shape index (κ1) is 18.7. The molecule has 0 bridgehead atoms. The van der Waals surface area contributed by atoms with Crippen molar-refractivity contribution in [2.45, 2.75) is 70.9 Å².